The quantitative estimate of drug-likeness (QED) is 0.754. The fourth-order valence-corrected chi connectivity index (χ4v) is 3.40. The van der Waals surface area contributed by atoms with Gasteiger partial charge in [0.2, 0.25) is 11.8 Å². The second-order valence-electron chi connectivity index (χ2n) is 7.31. The number of nitriles is 1. The molecule has 0 aromatic heterocycles. The molecule has 162 valence electrons. The van der Waals surface area contributed by atoms with Crippen molar-refractivity contribution in [2.75, 3.05) is 37.7 Å². The topological polar surface area (TPSA) is 85.7 Å². The smallest absolute Gasteiger partial charge is 0.372 e. The number of rotatable bonds is 6. The predicted octanol–water partition coefficient (Wildman–Crippen LogP) is 1.91. The van der Waals surface area contributed by atoms with Crippen LogP contribution in [-0.2, 0) is 20.5 Å². The molecular weight excluding hydrogens is 401 g/mol. The molecule has 1 unspecified atom stereocenters. The van der Waals surface area contributed by atoms with Gasteiger partial charge in [0.15, 0.2) is 0 Å². The van der Waals surface area contributed by atoms with Crippen LogP contribution >= 0.6 is 0 Å². The van der Waals surface area contributed by atoms with Gasteiger partial charge in [-0.2, -0.15) is 18.4 Å². The van der Waals surface area contributed by atoms with Crippen LogP contribution in [0.15, 0.2) is 18.2 Å². The number of carbonyl (C=O) groups is 2. The molecule has 3 rings (SSSR count). The second-order valence-corrected chi connectivity index (χ2v) is 7.31. The minimum Gasteiger partial charge on any atom is -0.372 e. The summed E-state index contributed by atoms with van der Waals surface area (Å²) in [5, 5.41) is 11.8. The number of anilines is 1. The lowest BCUT2D eigenvalue weighted by Crippen LogP contribution is -2.61. The standard InChI is InChI=1S/C20H23F3N4O3/c1-2-30-12-18(28)27-8-7-26(11-17(27)19(29)25-14-4-5-14)15-6-3-13(10-24)16(9-15)20(21,22)23/h3,6,9,14,17H,2,4-5,7-8,11-12H2,1H3,(H,25,29). The van der Waals surface area contributed by atoms with Gasteiger partial charge in [-0.15, -0.1) is 0 Å². The van der Waals surface area contributed by atoms with Crippen molar-refractivity contribution in [2.45, 2.75) is 38.0 Å². The Balaban J connectivity index is 1.83. The monoisotopic (exact) mass is 424 g/mol. The van der Waals surface area contributed by atoms with Gasteiger partial charge in [-0.25, -0.2) is 0 Å². The van der Waals surface area contributed by atoms with E-state index in [4.69, 9.17) is 10.00 Å². The molecule has 1 aromatic carbocycles. The molecule has 1 N–H and O–H groups in total. The number of alkyl halides is 3. The summed E-state index contributed by atoms with van der Waals surface area (Å²) in [5.41, 5.74) is -1.22. The summed E-state index contributed by atoms with van der Waals surface area (Å²) in [7, 11) is 0. The Labute approximate surface area is 172 Å². The van der Waals surface area contributed by atoms with Gasteiger partial charge in [0, 0.05) is 38.0 Å². The molecular formula is C20H23F3N4O3. The molecule has 0 spiro atoms. The molecule has 7 nitrogen and oxygen atoms in total. The summed E-state index contributed by atoms with van der Waals surface area (Å²) in [5.74, 6) is -0.653. The van der Waals surface area contributed by atoms with Gasteiger partial charge in [0.25, 0.3) is 0 Å². The number of hydrogen-bond donors (Lipinski definition) is 1. The van der Waals surface area contributed by atoms with Gasteiger partial charge in [0.1, 0.15) is 12.6 Å². The zero-order valence-electron chi connectivity index (χ0n) is 16.5. The molecule has 1 atom stereocenters. The third-order valence-electron chi connectivity index (χ3n) is 5.15. The van der Waals surface area contributed by atoms with E-state index in [0.29, 0.717) is 6.61 Å². The van der Waals surface area contributed by atoms with Gasteiger partial charge >= 0.3 is 6.18 Å². The SMILES string of the molecule is CCOCC(=O)N1CCN(c2ccc(C#N)c(C(F)(F)F)c2)CC1C(=O)NC1CC1. The van der Waals surface area contributed by atoms with Crippen molar-refractivity contribution < 1.29 is 27.5 Å². The normalized spacial score (nSPS) is 19.4. The molecule has 1 aliphatic heterocycles. The van der Waals surface area contributed by atoms with E-state index < -0.39 is 23.3 Å². The highest BCUT2D eigenvalue weighted by atomic mass is 19.4. The van der Waals surface area contributed by atoms with Crippen molar-refractivity contribution in [1.29, 1.82) is 5.26 Å². The van der Waals surface area contributed by atoms with Crippen molar-refractivity contribution >= 4 is 17.5 Å². The van der Waals surface area contributed by atoms with Crippen LogP contribution in [0.4, 0.5) is 18.9 Å². The number of halogens is 3. The first kappa shape index (κ1) is 21.9. The Kier molecular flexibility index (Phi) is 6.51. The third-order valence-corrected chi connectivity index (χ3v) is 5.15. The summed E-state index contributed by atoms with van der Waals surface area (Å²) in [6, 6.07) is 4.29. The first-order valence-electron chi connectivity index (χ1n) is 9.78. The summed E-state index contributed by atoms with van der Waals surface area (Å²) in [6.45, 7) is 2.45. The lowest BCUT2D eigenvalue weighted by atomic mass is 10.0. The molecule has 1 saturated carbocycles. The maximum absolute atomic E-state index is 13.3. The van der Waals surface area contributed by atoms with Gasteiger partial charge in [-0.05, 0) is 38.0 Å². The Morgan fingerprint density at radius 1 is 1.30 bits per heavy atom. The minimum atomic E-state index is -4.67. The second kappa shape index (κ2) is 8.92. The molecule has 2 amide bonds. The number of hydrogen-bond acceptors (Lipinski definition) is 5. The van der Waals surface area contributed by atoms with E-state index in [1.807, 2.05) is 0 Å². The number of amides is 2. The first-order valence-corrected chi connectivity index (χ1v) is 9.78. The molecule has 0 bridgehead atoms. The van der Waals surface area contributed by atoms with E-state index in [0.717, 1.165) is 25.0 Å². The van der Waals surface area contributed by atoms with Crippen molar-refractivity contribution in [3.05, 3.63) is 29.3 Å². The van der Waals surface area contributed by atoms with E-state index in [-0.39, 0.29) is 49.8 Å². The molecule has 1 saturated heterocycles. The Bertz CT molecular complexity index is 849. The third kappa shape index (κ3) is 5.02. The predicted molar refractivity (Wildman–Crippen MR) is 102 cm³/mol. The van der Waals surface area contributed by atoms with E-state index in [2.05, 4.69) is 5.32 Å². The largest absolute Gasteiger partial charge is 0.417 e. The highest BCUT2D eigenvalue weighted by molar-refractivity contribution is 5.89. The number of benzene rings is 1. The Morgan fingerprint density at radius 3 is 2.63 bits per heavy atom. The van der Waals surface area contributed by atoms with Crippen LogP contribution in [-0.4, -0.2) is 61.6 Å². The van der Waals surface area contributed by atoms with Crippen LogP contribution in [0.3, 0.4) is 0 Å². The van der Waals surface area contributed by atoms with Crippen molar-refractivity contribution in [3.63, 3.8) is 0 Å². The van der Waals surface area contributed by atoms with Gasteiger partial charge < -0.3 is 19.9 Å². The van der Waals surface area contributed by atoms with E-state index in [9.17, 15) is 22.8 Å². The van der Waals surface area contributed by atoms with Crippen molar-refractivity contribution in [3.8, 4) is 6.07 Å². The number of piperazine rings is 1. The number of ether oxygens (including phenoxy) is 1. The lowest BCUT2D eigenvalue weighted by molar-refractivity contribution is -0.144. The number of nitrogens with zero attached hydrogens (tertiary/aromatic N) is 3. The summed E-state index contributed by atoms with van der Waals surface area (Å²) in [4.78, 5) is 28.3. The molecule has 1 aliphatic carbocycles. The van der Waals surface area contributed by atoms with E-state index >= 15 is 0 Å². The maximum atomic E-state index is 13.3. The molecule has 2 fully saturated rings. The zero-order valence-corrected chi connectivity index (χ0v) is 16.5. The van der Waals surface area contributed by atoms with Crippen LogP contribution in [0.1, 0.15) is 30.9 Å². The minimum absolute atomic E-state index is 0.0552. The van der Waals surface area contributed by atoms with Crippen LogP contribution in [0, 0.1) is 11.3 Å². The first-order chi connectivity index (χ1) is 14.2. The van der Waals surface area contributed by atoms with Crippen LogP contribution in [0.2, 0.25) is 0 Å². The molecule has 2 aliphatic rings. The van der Waals surface area contributed by atoms with Crippen LogP contribution in [0.25, 0.3) is 0 Å². The molecule has 1 aromatic rings. The Morgan fingerprint density at radius 2 is 2.03 bits per heavy atom. The highest BCUT2D eigenvalue weighted by Crippen LogP contribution is 2.35. The van der Waals surface area contributed by atoms with Crippen LogP contribution < -0.4 is 10.2 Å². The molecule has 1 heterocycles. The van der Waals surface area contributed by atoms with Crippen molar-refractivity contribution in [2.24, 2.45) is 0 Å². The fourth-order valence-electron chi connectivity index (χ4n) is 3.40. The summed E-state index contributed by atoms with van der Waals surface area (Å²) < 4.78 is 45.1. The molecule has 0 radical (unpaired) electrons. The number of carbonyl (C=O) groups excluding carboxylic acids is 2. The highest BCUT2D eigenvalue weighted by Gasteiger charge is 2.39. The Hall–Kier alpha value is -2.80. The maximum Gasteiger partial charge on any atom is 0.417 e. The number of nitrogens with one attached hydrogen (secondary N) is 1. The van der Waals surface area contributed by atoms with Crippen LogP contribution in [0.5, 0.6) is 0 Å². The fraction of sp³-hybridized carbons (Fsp3) is 0.550. The molecule has 30 heavy (non-hydrogen) atoms. The molecule has 10 heteroatoms. The summed E-state index contributed by atoms with van der Waals surface area (Å²) in [6.07, 6.45) is -2.92. The average Bonchev–Trinajstić information content (AvgIpc) is 3.54. The van der Waals surface area contributed by atoms with Gasteiger partial charge in [0.05, 0.1) is 17.2 Å². The van der Waals surface area contributed by atoms with Crippen molar-refractivity contribution in [1.82, 2.24) is 10.2 Å². The van der Waals surface area contributed by atoms with E-state index in [1.54, 1.807) is 17.9 Å². The summed E-state index contributed by atoms with van der Waals surface area (Å²) >= 11 is 0. The zero-order chi connectivity index (χ0) is 21.9. The van der Waals surface area contributed by atoms with Gasteiger partial charge in [-0.3, -0.25) is 9.59 Å². The average molecular weight is 424 g/mol. The lowest BCUT2D eigenvalue weighted by Gasteiger charge is -2.41. The van der Waals surface area contributed by atoms with Gasteiger partial charge in [-0.1, -0.05) is 0 Å². The van der Waals surface area contributed by atoms with E-state index in [1.165, 1.54) is 11.0 Å².